The Morgan fingerprint density at radius 1 is 1.35 bits per heavy atom. The highest BCUT2D eigenvalue weighted by Gasteiger charge is 2.30. The van der Waals surface area contributed by atoms with Gasteiger partial charge in [0, 0.05) is 25.8 Å². The molecule has 0 aliphatic carbocycles. The van der Waals surface area contributed by atoms with Crippen molar-refractivity contribution in [1.82, 2.24) is 9.88 Å². The maximum atomic E-state index is 12.4. The number of piperidine rings is 1. The number of anilines is 1. The third kappa shape index (κ3) is 3.30. The first-order valence-corrected chi connectivity index (χ1v) is 7.57. The van der Waals surface area contributed by atoms with Crippen LogP contribution in [0, 0.1) is 5.41 Å². The van der Waals surface area contributed by atoms with Crippen molar-refractivity contribution in [2.24, 2.45) is 5.41 Å². The summed E-state index contributed by atoms with van der Waals surface area (Å²) in [6.07, 6.45) is 5.05. The largest absolute Gasteiger partial charge is 0.370 e. The fraction of sp³-hybridized carbons (Fsp3) is 0.625. The molecule has 1 fully saturated rings. The van der Waals surface area contributed by atoms with Gasteiger partial charge in [0.05, 0.1) is 5.56 Å². The molecule has 0 aromatic carbocycles. The highest BCUT2D eigenvalue weighted by molar-refractivity contribution is 5.94. The van der Waals surface area contributed by atoms with Gasteiger partial charge < -0.3 is 10.2 Å². The van der Waals surface area contributed by atoms with E-state index in [4.69, 9.17) is 0 Å². The van der Waals surface area contributed by atoms with Crippen LogP contribution in [0.5, 0.6) is 0 Å². The van der Waals surface area contributed by atoms with Crippen molar-refractivity contribution in [3.63, 3.8) is 0 Å². The Labute approximate surface area is 121 Å². The summed E-state index contributed by atoms with van der Waals surface area (Å²) in [5.74, 6) is 0.931. The number of likely N-dealkylation sites (tertiary alicyclic amines) is 1. The van der Waals surface area contributed by atoms with Crippen molar-refractivity contribution in [3.8, 4) is 0 Å². The zero-order chi connectivity index (χ0) is 14.6. The Morgan fingerprint density at radius 3 is 2.55 bits per heavy atom. The average Bonchev–Trinajstić information content (AvgIpc) is 2.48. The van der Waals surface area contributed by atoms with E-state index in [0.29, 0.717) is 11.0 Å². The number of amides is 1. The molecule has 1 N–H and O–H groups in total. The lowest BCUT2D eigenvalue weighted by molar-refractivity contribution is 0.0600. The molecule has 4 nitrogen and oxygen atoms in total. The normalized spacial score (nSPS) is 17.9. The van der Waals surface area contributed by atoms with E-state index in [1.807, 2.05) is 24.0 Å². The molecule has 2 rings (SSSR count). The number of carbonyl (C=O) groups excluding carboxylic acids is 1. The summed E-state index contributed by atoms with van der Waals surface area (Å²) in [5.41, 5.74) is 1.09. The van der Waals surface area contributed by atoms with Gasteiger partial charge in [0.25, 0.3) is 5.91 Å². The van der Waals surface area contributed by atoms with Crippen LogP contribution < -0.4 is 5.32 Å². The van der Waals surface area contributed by atoms with Crippen molar-refractivity contribution in [3.05, 3.63) is 23.9 Å². The van der Waals surface area contributed by atoms with Crippen LogP contribution in [-0.4, -0.2) is 35.4 Å². The number of hydrogen-bond acceptors (Lipinski definition) is 3. The summed E-state index contributed by atoms with van der Waals surface area (Å²) >= 11 is 0. The summed E-state index contributed by atoms with van der Waals surface area (Å²) in [7, 11) is 0. The van der Waals surface area contributed by atoms with Gasteiger partial charge >= 0.3 is 0 Å². The van der Waals surface area contributed by atoms with Crippen LogP contribution in [0.4, 0.5) is 5.82 Å². The van der Waals surface area contributed by atoms with E-state index in [2.05, 4.69) is 24.1 Å². The first kappa shape index (κ1) is 14.8. The minimum atomic E-state index is 0.110. The van der Waals surface area contributed by atoms with Crippen molar-refractivity contribution >= 4 is 11.7 Å². The van der Waals surface area contributed by atoms with E-state index in [-0.39, 0.29) is 5.91 Å². The minimum absolute atomic E-state index is 0.110. The minimum Gasteiger partial charge on any atom is -0.370 e. The second-order valence-corrected chi connectivity index (χ2v) is 5.92. The van der Waals surface area contributed by atoms with Crippen LogP contribution in [0.25, 0.3) is 0 Å². The lowest BCUT2D eigenvalue weighted by atomic mass is 9.78. The Hall–Kier alpha value is -1.58. The van der Waals surface area contributed by atoms with E-state index >= 15 is 0 Å². The molecule has 0 atom stereocenters. The summed E-state index contributed by atoms with van der Waals surface area (Å²) in [6, 6.07) is 3.73. The fourth-order valence-corrected chi connectivity index (χ4v) is 2.59. The number of pyridine rings is 1. The van der Waals surface area contributed by atoms with Gasteiger partial charge in [-0.05, 0) is 37.3 Å². The van der Waals surface area contributed by atoms with Crippen LogP contribution in [-0.2, 0) is 0 Å². The number of hydrogen-bond donors (Lipinski definition) is 1. The Bertz CT molecular complexity index is 447. The van der Waals surface area contributed by atoms with Crippen molar-refractivity contribution in [2.75, 3.05) is 25.0 Å². The molecule has 0 bridgehead atoms. The molecule has 1 aliphatic rings. The predicted octanol–water partition coefficient (Wildman–Crippen LogP) is 3.17. The molecule has 1 amide bonds. The summed E-state index contributed by atoms with van der Waals surface area (Å²) < 4.78 is 0. The summed E-state index contributed by atoms with van der Waals surface area (Å²) in [5, 5.41) is 3.14. The van der Waals surface area contributed by atoms with Gasteiger partial charge in [-0.15, -0.1) is 0 Å². The molecule has 1 aliphatic heterocycles. The molecule has 0 radical (unpaired) electrons. The third-order valence-electron chi connectivity index (χ3n) is 4.48. The van der Waals surface area contributed by atoms with Crippen molar-refractivity contribution in [2.45, 2.75) is 40.0 Å². The van der Waals surface area contributed by atoms with E-state index in [1.54, 1.807) is 6.20 Å². The second-order valence-electron chi connectivity index (χ2n) is 5.92. The van der Waals surface area contributed by atoms with Crippen molar-refractivity contribution < 1.29 is 4.79 Å². The SMILES string of the molecule is CCNc1ccc(C(=O)N2CCC(C)(CC)CC2)cn1. The zero-order valence-electron chi connectivity index (χ0n) is 12.8. The summed E-state index contributed by atoms with van der Waals surface area (Å²) in [6.45, 7) is 9.14. The van der Waals surface area contributed by atoms with Gasteiger partial charge in [-0.2, -0.15) is 0 Å². The van der Waals surface area contributed by atoms with Crippen LogP contribution in [0.1, 0.15) is 50.4 Å². The molecular weight excluding hydrogens is 250 g/mol. The van der Waals surface area contributed by atoms with Gasteiger partial charge in [-0.25, -0.2) is 4.98 Å². The Balaban J connectivity index is 1.98. The maximum Gasteiger partial charge on any atom is 0.255 e. The fourth-order valence-electron chi connectivity index (χ4n) is 2.59. The first-order valence-electron chi connectivity index (χ1n) is 7.57. The van der Waals surface area contributed by atoms with E-state index in [9.17, 15) is 4.79 Å². The van der Waals surface area contributed by atoms with E-state index in [1.165, 1.54) is 6.42 Å². The molecule has 2 heterocycles. The zero-order valence-corrected chi connectivity index (χ0v) is 12.8. The van der Waals surface area contributed by atoms with Crippen LogP contribution in [0.3, 0.4) is 0 Å². The molecule has 0 spiro atoms. The van der Waals surface area contributed by atoms with Gasteiger partial charge in [0.2, 0.25) is 0 Å². The van der Waals surface area contributed by atoms with Crippen LogP contribution in [0.15, 0.2) is 18.3 Å². The maximum absolute atomic E-state index is 12.4. The highest BCUT2D eigenvalue weighted by Crippen LogP contribution is 2.34. The highest BCUT2D eigenvalue weighted by atomic mass is 16.2. The number of nitrogens with zero attached hydrogens (tertiary/aromatic N) is 2. The monoisotopic (exact) mass is 275 g/mol. The molecule has 110 valence electrons. The van der Waals surface area contributed by atoms with E-state index in [0.717, 1.165) is 38.3 Å². The van der Waals surface area contributed by atoms with Crippen LogP contribution in [0.2, 0.25) is 0 Å². The predicted molar refractivity (Wildman–Crippen MR) is 81.9 cm³/mol. The Morgan fingerprint density at radius 2 is 2.05 bits per heavy atom. The average molecular weight is 275 g/mol. The molecular formula is C16H25N3O. The molecule has 0 unspecified atom stereocenters. The molecule has 0 saturated carbocycles. The van der Waals surface area contributed by atoms with Gasteiger partial charge in [0.1, 0.15) is 5.82 Å². The lowest BCUT2D eigenvalue weighted by Gasteiger charge is -2.38. The lowest BCUT2D eigenvalue weighted by Crippen LogP contribution is -2.41. The quantitative estimate of drug-likeness (QED) is 0.918. The smallest absolute Gasteiger partial charge is 0.255 e. The van der Waals surface area contributed by atoms with Crippen LogP contribution >= 0.6 is 0 Å². The number of aromatic nitrogens is 1. The summed E-state index contributed by atoms with van der Waals surface area (Å²) in [4.78, 5) is 18.7. The number of nitrogens with one attached hydrogen (secondary N) is 1. The third-order valence-corrected chi connectivity index (χ3v) is 4.48. The number of rotatable bonds is 4. The second kappa shape index (κ2) is 6.25. The standard InChI is InChI=1S/C16H25N3O/c1-4-16(3)8-10-19(11-9-16)15(20)13-6-7-14(17-5-2)18-12-13/h6-7,12H,4-5,8-11H2,1-3H3,(H,17,18). The Kier molecular flexibility index (Phi) is 4.63. The topological polar surface area (TPSA) is 45.2 Å². The molecule has 1 aromatic rings. The van der Waals surface area contributed by atoms with Gasteiger partial charge in [0.15, 0.2) is 0 Å². The first-order chi connectivity index (χ1) is 9.58. The van der Waals surface area contributed by atoms with Crippen molar-refractivity contribution in [1.29, 1.82) is 0 Å². The molecule has 4 heteroatoms. The van der Waals surface area contributed by atoms with Gasteiger partial charge in [-0.3, -0.25) is 4.79 Å². The van der Waals surface area contributed by atoms with Gasteiger partial charge in [-0.1, -0.05) is 20.3 Å². The molecule has 1 saturated heterocycles. The molecule has 1 aromatic heterocycles. The van der Waals surface area contributed by atoms with E-state index < -0.39 is 0 Å². The number of carbonyl (C=O) groups is 1. The molecule has 20 heavy (non-hydrogen) atoms.